The molecule has 0 spiro atoms. The molecule has 0 radical (unpaired) electrons. The molecule has 5 aromatic rings. The Hall–Kier alpha value is -4.83. The Bertz CT molecular complexity index is 1610. The Kier molecular flexibility index (Phi) is 5.21. The molecule has 2 atom stereocenters. The summed E-state index contributed by atoms with van der Waals surface area (Å²) in [7, 11) is 0. The molecule has 1 aliphatic carbocycles. The van der Waals surface area contributed by atoms with Crippen LogP contribution in [0, 0.1) is 0 Å². The summed E-state index contributed by atoms with van der Waals surface area (Å²) in [6.45, 7) is 0. The van der Waals surface area contributed by atoms with E-state index in [-0.39, 0.29) is 12.0 Å². The van der Waals surface area contributed by atoms with Gasteiger partial charge in [0.15, 0.2) is 0 Å². The lowest BCUT2D eigenvalue weighted by Crippen LogP contribution is -2.28. The van der Waals surface area contributed by atoms with Crippen LogP contribution in [0.1, 0.15) is 17.0 Å². The van der Waals surface area contributed by atoms with Gasteiger partial charge in [-0.25, -0.2) is 0 Å². The molecule has 2 unspecified atom stereocenters. The molecule has 0 N–H and O–H groups in total. The molecule has 4 nitrogen and oxygen atoms in total. The van der Waals surface area contributed by atoms with Crippen LogP contribution in [-0.4, -0.2) is 21.0 Å². The Morgan fingerprint density at radius 2 is 1.08 bits per heavy atom. The van der Waals surface area contributed by atoms with Crippen LogP contribution in [0.15, 0.2) is 134 Å². The number of allylic oxidation sites excluding steroid dienone is 2. The molecular formula is C33H24N4. The third-order valence-electron chi connectivity index (χ3n) is 7.33. The SMILES string of the molecule is C1=CC2C(C=C1c1ccncc1)c1cc(-c3ccncc3)ccc1N2c1ccc(-c2ccncc2)cc1. The van der Waals surface area contributed by atoms with Gasteiger partial charge in [-0.1, -0.05) is 36.4 Å². The van der Waals surface area contributed by atoms with Gasteiger partial charge in [-0.15, -0.1) is 0 Å². The third-order valence-corrected chi connectivity index (χ3v) is 7.33. The Labute approximate surface area is 216 Å². The first-order valence-electron chi connectivity index (χ1n) is 12.5. The van der Waals surface area contributed by atoms with Crippen molar-refractivity contribution < 1.29 is 0 Å². The average Bonchev–Trinajstić information content (AvgIpc) is 3.31. The van der Waals surface area contributed by atoms with E-state index in [1.54, 1.807) is 0 Å². The first kappa shape index (κ1) is 21.5. The van der Waals surface area contributed by atoms with E-state index in [0.29, 0.717) is 0 Å². The summed E-state index contributed by atoms with van der Waals surface area (Å²) in [5.74, 6) is 0.241. The second kappa shape index (κ2) is 8.99. The predicted octanol–water partition coefficient (Wildman–Crippen LogP) is 7.46. The van der Waals surface area contributed by atoms with E-state index in [1.807, 2.05) is 49.3 Å². The summed E-state index contributed by atoms with van der Waals surface area (Å²) in [5.41, 5.74) is 11.0. The smallest absolute Gasteiger partial charge is 0.0630 e. The maximum atomic E-state index is 4.20. The molecule has 176 valence electrons. The lowest BCUT2D eigenvalue weighted by molar-refractivity contribution is 0.747. The van der Waals surface area contributed by atoms with Crippen LogP contribution in [0.3, 0.4) is 0 Å². The summed E-state index contributed by atoms with van der Waals surface area (Å²) >= 11 is 0. The zero-order valence-corrected chi connectivity index (χ0v) is 20.1. The number of benzene rings is 2. The number of hydrogen-bond acceptors (Lipinski definition) is 4. The molecule has 4 heterocycles. The molecule has 37 heavy (non-hydrogen) atoms. The summed E-state index contributed by atoms with van der Waals surface area (Å²) in [5, 5.41) is 0. The van der Waals surface area contributed by atoms with Crippen LogP contribution in [0.2, 0.25) is 0 Å². The second-order valence-corrected chi connectivity index (χ2v) is 9.40. The van der Waals surface area contributed by atoms with E-state index in [9.17, 15) is 0 Å². The summed E-state index contributed by atoms with van der Waals surface area (Å²) in [4.78, 5) is 15.0. The Morgan fingerprint density at radius 1 is 0.541 bits per heavy atom. The number of anilines is 2. The summed E-state index contributed by atoms with van der Waals surface area (Å²) < 4.78 is 0. The van der Waals surface area contributed by atoms with Crippen molar-refractivity contribution in [3.05, 3.63) is 145 Å². The van der Waals surface area contributed by atoms with Gasteiger partial charge < -0.3 is 4.90 Å². The molecular weight excluding hydrogens is 452 g/mol. The van der Waals surface area contributed by atoms with Crippen molar-refractivity contribution in [1.29, 1.82) is 0 Å². The monoisotopic (exact) mass is 476 g/mol. The molecule has 0 saturated carbocycles. The second-order valence-electron chi connectivity index (χ2n) is 9.40. The molecule has 1 aliphatic heterocycles. The zero-order chi connectivity index (χ0) is 24.6. The van der Waals surface area contributed by atoms with Gasteiger partial charge in [0.05, 0.1) is 6.04 Å². The van der Waals surface area contributed by atoms with E-state index in [4.69, 9.17) is 0 Å². The van der Waals surface area contributed by atoms with Crippen LogP contribution < -0.4 is 4.90 Å². The number of rotatable bonds is 4. The maximum absolute atomic E-state index is 4.20. The first-order chi connectivity index (χ1) is 18.3. The fourth-order valence-corrected chi connectivity index (χ4v) is 5.52. The highest BCUT2D eigenvalue weighted by Gasteiger charge is 2.38. The molecule has 3 aromatic heterocycles. The van der Waals surface area contributed by atoms with Crippen LogP contribution in [0.4, 0.5) is 11.4 Å². The molecule has 2 aromatic carbocycles. The first-order valence-corrected chi connectivity index (χ1v) is 12.5. The number of nitrogens with zero attached hydrogens (tertiary/aromatic N) is 4. The fourth-order valence-electron chi connectivity index (χ4n) is 5.52. The zero-order valence-electron chi connectivity index (χ0n) is 20.1. The topological polar surface area (TPSA) is 41.9 Å². The van der Waals surface area contributed by atoms with E-state index < -0.39 is 0 Å². The lowest BCUT2D eigenvalue weighted by atomic mass is 9.85. The van der Waals surface area contributed by atoms with Gasteiger partial charge in [-0.3, -0.25) is 15.0 Å². The van der Waals surface area contributed by atoms with Gasteiger partial charge in [-0.2, -0.15) is 0 Å². The largest absolute Gasteiger partial charge is 0.333 e. The van der Waals surface area contributed by atoms with Crippen molar-refractivity contribution in [2.24, 2.45) is 0 Å². The van der Waals surface area contributed by atoms with Crippen LogP contribution in [0.5, 0.6) is 0 Å². The van der Waals surface area contributed by atoms with Crippen molar-refractivity contribution in [3.8, 4) is 22.3 Å². The summed E-state index contributed by atoms with van der Waals surface area (Å²) in [6, 6.07) is 28.3. The number of hydrogen-bond donors (Lipinski definition) is 0. The molecule has 7 rings (SSSR count). The van der Waals surface area contributed by atoms with Gasteiger partial charge in [0, 0.05) is 54.5 Å². The highest BCUT2D eigenvalue weighted by molar-refractivity contribution is 5.84. The van der Waals surface area contributed by atoms with Crippen molar-refractivity contribution in [1.82, 2.24) is 15.0 Å². The highest BCUT2D eigenvalue weighted by Crippen LogP contribution is 2.50. The lowest BCUT2D eigenvalue weighted by Gasteiger charge is -2.30. The molecule has 4 heteroatoms. The van der Waals surface area contributed by atoms with Crippen molar-refractivity contribution in [2.75, 3.05) is 4.90 Å². The van der Waals surface area contributed by atoms with E-state index >= 15 is 0 Å². The van der Waals surface area contributed by atoms with Crippen LogP contribution >= 0.6 is 0 Å². The van der Waals surface area contributed by atoms with Gasteiger partial charge in [0.25, 0.3) is 0 Å². The number of pyridine rings is 3. The predicted molar refractivity (Wildman–Crippen MR) is 149 cm³/mol. The van der Waals surface area contributed by atoms with E-state index in [2.05, 4.69) is 105 Å². The Balaban J connectivity index is 1.33. The fraction of sp³-hybridized carbons (Fsp3) is 0.0606. The van der Waals surface area contributed by atoms with Crippen molar-refractivity contribution >= 4 is 16.9 Å². The Morgan fingerprint density at radius 3 is 1.73 bits per heavy atom. The average molecular weight is 477 g/mol. The molecule has 0 amide bonds. The van der Waals surface area contributed by atoms with Gasteiger partial charge in [0.2, 0.25) is 0 Å². The maximum Gasteiger partial charge on any atom is 0.0630 e. The minimum absolute atomic E-state index is 0.208. The molecule has 0 saturated heterocycles. The van der Waals surface area contributed by atoms with Crippen molar-refractivity contribution in [3.63, 3.8) is 0 Å². The third kappa shape index (κ3) is 3.83. The van der Waals surface area contributed by atoms with Gasteiger partial charge >= 0.3 is 0 Å². The molecule has 0 bridgehead atoms. The van der Waals surface area contributed by atoms with E-state index in [1.165, 1.54) is 50.3 Å². The minimum Gasteiger partial charge on any atom is -0.333 e. The van der Waals surface area contributed by atoms with Gasteiger partial charge in [-0.05, 0) is 99.6 Å². The highest BCUT2D eigenvalue weighted by atomic mass is 15.2. The van der Waals surface area contributed by atoms with Crippen LogP contribution in [-0.2, 0) is 0 Å². The normalized spacial score (nSPS) is 17.7. The van der Waals surface area contributed by atoms with Crippen molar-refractivity contribution in [2.45, 2.75) is 12.0 Å². The quantitative estimate of drug-likeness (QED) is 0.270. The minimum atomic E-state index is 0.208. The molecule has 0 fully saturated rings. The summed E-state index contributed by atoms with van der Waals surface area (Å²) in [6.07, 6.45) is 18.1. The number of fused-ring (bicyclic) bond motifs is 3. The number of aromatic nitrogens is 3. The van der Waals surface area contributed by atoms with E-state index in [0.717, 1.165) is 0 Å². The van der Waals surface area contributed by atoms with Crippen LogP contribution in [0.25, 0.3) is 27.8 Å². The van der Waals surface area contributed by atoms with Gasteiger partial charge in [0.1, 0.15) is 0 Å². The standard InChI is InChI=1S/C33H24N4/c1-5-29(6-2-23(1)24-9-15-34-16-10-24)37-32-7-3-27(25-11-17-35-18-12-25)21-30(32)31-22-28(4-8-33(31)37)26-13-19-36-20-14-26/h1-22,30,32H. The molecule has 2 aliphatic rings.